The van der Waals surface area contributed by atoms with Crippen LogP contribution in [0.25, 0.3) is 33.6 Å². The van der Waals surface area contributed by atoms with Crippen LogP contribution in [0, 0.1) is 4.78 Å². The number of nitrogens with zero attached hydrogens (tertiary/aromatic N) is 1. The van der Waals surface area contributed by atoms with Gasteiger partial charge in [0.25, 0.3) is 0 Å². The molecule has 4 aromatic rings. The fourth-order valence-corrected chi connectivity index (χ4v) is 4.40. The molecule has 0 aliphatic carbocycles. The van der Waals surface area contributed by atoms with Crippen molar-refractivity contribution >= 4 is 30.7 Å². The molecule has 0 spiro atoms. The smallest absolute Gasteiger partial charge is 0.175 e. The summed E-state index contributed by atoms with van der Waals surface area (Å²) < 4.78 is 49.4. The Morgan fingerprint density at radius 2 is 1.59 bits per heavy atom. The number of aromatic nitrogens is 1. The van der Waals surface area contributed by atoms with Crippen molar-refractivity contribution in [3.8, 4) is 22.5 Å². The molecule has 0 radical (unpaired) electrons. The first-order valence-corrected chi connectivity index (χ1v) is 12.5. The lowest BCUT2D eigenvalue weighted by molar-refractivity contribution is 0.602. The lowest BCUT2D eigenvalue weighted by atomic mass is 10.1. The number of furan rings is 1. The van der Waals surface area contributed by atoms with Gasteiger partial charge in [-0.05, 0) is 35.9 Å². The quantitative estimate of drug-likeness (QED) is 0.514. The first kappa shape index (κ1) is 19.4. The second-order valence-corrected chi connectivity index (χ2v) is 11.0. The van der Waals surface area contributed by atoms with Crippen LogP contribution >= 0.6 is 0 Å². The van der Waals surface area contributed by atoms with E-state index in [4.69, 9.17) is 9.20 Å². The van der Waals surface area contributed by atoms with Crippen LogP contribution in [-0.4, -0.2) is 30.1 Å². The average Bonchev–Trinajstić information content (AvgIpc) is 3.11. The third kappa shape index (κ3) is 3.81. The molecule has 0 saturated heterocycles. The van der Waals surface area contributed by atoms with Crippen molar-refractivity contribution < 1.29 is 17.0 Å². The molecule has 0 saturated carbocycles. The number of rotatable bonds is 4. The van der Waals surface area contributed by atoms with Gasteiger partial charge in [0.1, 0.15) is 11.3 Å². The molecule has 6 nitrogen and oxygen atoms in total. The average molecular weight is 427 g/mol. The van der Waals surface area contributed by atoms with E-state index in [-0.39, 0.29) is 4.90 Å². The van der Waals surface area contributed by atoms with E-state index in [9.17, 15) is 12.6 Å². The minimum absolute atomic E-state index is 0.237. The van der Waals surface area contributed by atoms with Gasteiger partial charge < -0.3 is 4.42 Å². The van der Waals surface area contributed by atoms with Crippen LogP contribution in [0.1, 0.15) is 0 Å². The van der Waals surface area contributed by atoms with Crippen LogP contribution in [0.5, 0.6) is 0 Å². The molecule has 4 rings (SSSR count). The van der Waals surface area contributed by atoms with Gasteiger partial charge >= 0.3 is 0 Å². The number of benzene rings is 2. The first-order chi connectivity index (χ1) is 13.6. The molecule has 0 unspecified atom stereocenters. The molecule has 1 atom stereocenters. The molecule has 0 amide bonds. The van der Waals surface area contributed by atoms with Gasteiger partial charge in [0.05, 0.1) is 14.6 Å². The zero-order valence-corrected chi connectivity index (χ0v) is 17.4. The van der Waals surface area contributed by atoms with Crippen molar-refractivity contribution in [2.75, 3.05) is 12.5 Å². The fraction of sp³-hybridized carbons (Fsp3) is 0.0952. The van der Waals surface area contributed by atoms with Gasteiger partial charge in [0.15, 0.2) is 15.4 Å². The van der Waals surface area contributed by atoms with E-state index < -0.39 is 19.6 Å². The maximum Gasteiger partial charge on any atom is 0.175 e. The lowest BCUT2D eigenvalue weighted by Gasteiger charge is -2.05. The molecular formula is C21H18N2O4S2. The van der Waals surface area contributed by atoms with Crippen molar-refractivity contribution in [1.82, 2.24) is 4.98 Å². The molecule has 1 N–H and O–H groups in total. The molecule has 29 heavy (non-hydrogen) atoms. The standard InChI is InChI=1S/C21H18N2O4S2/c1-28(22,24)16-8-6-14(7-9-16)20-13-19-21(27-20)18(10-11-23-19)15-4-3-5-17(12-15)29(2,25)26/h3-13,22H,1-2H3/t28-/m1/s1. The number of pyridine rings is 1. The summed E-state index contributed by atoms with van der Waals surface area (Å²) in [6, 6.07) is 17.1. The molecule has 2 aromatic carbocycles. The molecule has 0 bridgehead atoms. The summed E-state index contributed by atoms with van der Waals surface area (Å²) in [7, 11) is -6.10. The number of hydrogen-bond donors (Lipinski definition) is 1. The highest BCUT2D eigenvalue weighted by atomic mass is 32.2. The number of fused-ring (bicyclic) bond motifs is 1. The van der Waals surface area contributed by atoms with Crippen LogP contribution in [-0.2, 0) is 19.6 Å². The van der Waals surface area contributed by atoms with E-state index in [1.54, 1.807) is 60.8 Å². The van der Waals surface area contributed by atoms with Crippen LogP contribution in [0.2, 0.25) is 0 Å². The van der Waals surface area contributed by atoms with Crippen LogP contribution in [0.4, 0.5) is 0 Å². The Labute approximate surface area is 169 Å². The molecule has 2 heterocycles. The summed E-state index contributed by atoms with van der Waals surface area (Å²) in [5, 5.41) is 0. The van der Waals surface area contributed by atoms with Crippen molar-refractivity contribution in [1.29, 1.82) is 4.78 Å². The van der Waals surface area contributed by atoms with Crippen molar-refractivity contribution in [2.24, 2.45) is 0 Å². The highest BCUT2D eigenvalue weighted by Crippen LogP contribution is 2.34. The molecule has 148 valence electrons. The molecule has 0 fully saturated rings. The summed E-state index contributed by atoms with van der Waals surface area (Å²) >= 11 is 0. The third-order valence-electron chi connectivity index (χ3n) is 4.57. The number of sulfone groups is 1. The Morgan fingerprint density at radius 3 is 2.24 bits per heavy atom. The summed E-state index contributed by atoms with van der Waals surface area (Å²) in [6.07, 6.45) is 4.21. The second kappa shape index (κ2) is 6.82. The van der Waals surface area contributed by atoms with Crippen molar-refractivity contribution in [3.05, 3.63) is 66.9 Å². The first-order valence-electron chi connectivity index (χ1n) is 8.66. The van der Waals surface area contributed by atoms with Gasteiger partial charge in [-0.3, -0.25) is 4.98 Å². The van der Waals surface area contributed by atoms with Gasteiger partial charge in [-0.15, -0.1) is 0 Å². The molecule has 0 aliphatic rings. The minimum Gasteiger partial charge on any atom is -0.454 e. The molecular weight excluding hydrogens is 408 g/mol. The van der Waals surface area contributed by atoms with Gasteiger partial charge in [0.2, 0.25) is 0 Å². The number of hydrogen-bond acceptors (Lipinski definition) is 6. The SMILES string of the molecule is CS(=O)(=O)c1cccc(-c2ccnc3cc(-c4ccc([S@](C)(=N)=O)cc4)oc23)c1. The van der Waals surface area contributed by atoms with E-state index in [0.717, 1.165) is 16.7 Å². The predicted octanol–water partition coefficient (Wildman–Crippen LogP) is 4.60. The van der Waals surface area contributed by atoms with Crippen LogP contribution in [0.3, 0.4) is 0 Å². The van der Waals surface area contributed by atoms with Crippen molar-refractivity contribution in [3.63, 3.8) is 0 Å². The van der Waals surface area contributed by atoms with E-state index in [0.29, 0.717) is 21.8 Å². The van der Waals surface area contributed by atoms with Gasteiger partial charge in [0, 0.05) is 40.8 Å². The molecule has 8 heteroatoms. The Kier molecular flexibility index (Phi) is 4.55. The van der Waals surface area contributed by atoms with E-state index in [2.05, 4.69) is 4.98 Å². The van der Waals surface area contributed by atoms with Crippen LogP contribution in [0.15, 0.2) is 81.1 Å². The summed E-state index contributed by atoms with van der Waals surface area (Å²) in [5.41, 5.74) is 3.43. The Balaban J connectivity index is 1.83. The fourth-order valence-electron chi connectivity index (χ4n) is 3.08. The Bertz CT molecular complexity index is 1440. The molecule has 0 aliphatic heterocycles. The second-order valence-electron chi connectivity index (χ2n) is 6.85. The van der Waals surface area contributed by atoms with Crippen LogP contribution < -0.4 is 0 Å². The minimum atomic E-state index is -3.33. The van der Waals surface area contributed by atoms with Crippen molar-refractivity contribution in [2.45, 2.75) is 9.79 Å². The largest absolute Gasteiger partial charge is 0.454 e. The predicted molar refractivity (Wildman–Crippen MR) is 113 cm³/mol. The zero-order valence-electron chi connectivity index (χ0n) is 15.7. The Hall–Kier alpha value is -2.97. The van der Waals surface area contributed by atoms with E-state index in [1.165, 1.54) is 12.5 Å². The van der Waals surface area contributed by atoms with E-state index >= 15 is 0 Å². The highest BCUT2D eigenvalue weighted by molar-refractivity contribution is 7.91. The summed E-state index contributed by atoms with van der Waals surface area (Å²) in [4.78, 5) is 5.04. The maximum absolute atomic E-state index is 11.9. The summed E-state index contributed by atoms with van der Waals surface area (Å²) in [6.45, 7) is 0. The zero-order chi connectivity index (χ0) is 20.8. The monoisotopic (exact) mass is 426 g/mol. The summed E-state index contributed by atoms with van der Waals surface area (Å²) in [5.74, 6) is 0.582. The van der Waals surface area contributed by atoms with E-state index in [1.807, 2.05) is 6.07 Å². The van der Waals surface area contributed by atoms with Gasteiger partial charge in [-0.1, -0.05) is 24.3 Å². The number of nitrogens with one attached hydrogen (secondary N) is 1. The normalized spacial score (nSPS) is 14.0. The highest BCUT2D eigenvalue weighted by Gasteiger charge is 2.15. The Morgan fingerprint density at radius 1 is 0.862 bits per heavy atom. The maximum atomic E-state index is 11.9. The third-order valence-corrected chi connectivity index (χ3v) is 6.86. The molecule has 2 aromatic heterocycles. The van der Waals surface area contributed by atoms with Gasteiger partial charge in [-0.25, -0.2) is 17.4 Å². The topological polar surface area (TPSA) is 101 Å². The van der Waals surface area contributed by atoms with Gasteiger partial charge in [-0.2, -0.15) is 0 Å². The lowest BCUT2D eigenvalue weighted by Crippen LogP contribution is -1.96.